The van der Waals surface area contributed by atoms with E-state index in [9.17, 15) is 4.79 Å². The van der Waals surface area contributed by atoms with Gasteiger partial charge in [0.15, 0.2) is 11.0 Å². The molecule has 144 valence electrons. The fourth-order valence-corrected chi connectivity index (χ4v) is 3.89. The highest BCUT2D eigenvalue weighted by molar-refractivity contribution is 7.99. The number of rotatable bonds is 7. The number of hydrazone groups is 1. The van der Waals surface area contributed by atoms with Crippen LogP contribution < -0.4 is 5.43 Å². The zero-order valence-corrected chi connectivity index (χ0v) is 16.8. The number of thiophene rings is 1. The maximum atomic E-state index is 12.2. The monoisotopic (exact) mass is 420 g/mol. The van der Waals surface area contributed by atoms with Crippen molar-refractivity contribution in [2.75, 3.05) is 5.75 Å². The standard InChI is InChI=1S/C20H16N6OS2/c27-18(23-22-13-17-7-4-12-28-17)14-29-20-25-24-19(15-8-10-21-11-9-15)26(20)16-5-2-1-3-6-16/h1-13H,14H2,(H,23,27). The number of carbonyl (C=O) groups is 1. The molecule has 0 saturated heterocycles. The van der Waals surface area contributed by atoms with Gasteiger partial charge in [-0.15, -0.1) is 21.5 Å². The minimum Gasteiger partial charge on any atom is -0.272 e. The number of amides is 1. The molecular formula is C20H16N6OS2. The summed E-state index contributed by atoms with van der Waals surface area (Å²) in [5, 5.41) is 15.2. The largest absolute Gasteiger partial charge is 0.272 e. The van der Waals surface area contributed by atoms with Crippen LogP contribution in [-0.4, -0.2) is 37.6 Å². The number of carbonyl (C=O) groups excluding carboxylic acids is 1. The molecule has 1 amide bonds. The van der Waals surface area contributed by atoms with Crippen LogP contribution >= 0.6 is 23.1 Å². The summed E-state index contributed by atoms with van der Waals surface area (Å²) in [6.07, 6.45) is 5.05. The smallest absolute Gasteiger partial charge is 0.250 e. The Morgan fingerprint density at radius 3 is 2.69 bits per heavy atom. The van der Waals surface area contributed by atoms with Gasteiger partial charge in [-0.05, 0) is 35.7 Å². The highest BCUT2D eigenvalue weighted by atomic mass is 32.2. The summed E-state index contributed by atoms with van der Waals surface area (Å²) in [7, 11) is 0. The quantitative estimate of drug-likeness (QED) is 0.280. The molecule has 7 nitrogen and oxygen atoms in total. The Bertz CT molecular complexity index is 1090. The summed E-state index contributed by atoms with van der Waals surface area (Å²) in [6.45, 7) is 0. The van der Waals surface area contributed by atoms with Gasteiger partial charge in [0.1, 0.15) is 0 Å². The molecular weight excluding hydrogens is 404 g/mol. The van der Waals surface area contributed by atoms with E-state index in [1.165, 1.54) is 11.8 Å². The molecule has 0 radical (unpaired) electrons. The van der Waals surface area contributed by atoms with Crippen LogP contribution in [0, 0.1) is 0 Å². The minimum atomic E-state index is -0.212. The molecule has 9 heteroatoms. The van der Waals surface area contributed by atoms with E-state index in [0.29, 0.717) is 11.0 Å². The normalized spacial score (nSPS) is 11.0. The number of aromatic nitrogens is 4. The summed E-state index contributed by atoms with van der Waals surface area (Å²) in [4.78, 5) is 17.2. The van der Waals surface area contributed by atoms with Crippen LogP contribution in [0.4, 0.5) is 0 Å². The van der Waals surface area contributed by atoms with Gasteiger partial charge in [-0.3, -0.25) is 14.3 Å². The number of hydrogen-bond acceptors (Lipinski definition) is 7. The molecule has 4 rings (SSSR count). The van der Waals surface area contributed by atoms with E-state index in [0.717, 1.165) is 16.1 Å². The van der Waals surface area contributed by atoms with Crippen LogP contribution in [0.5, 0.6) is 0 Å². The maximum Gasteiger partial charge on any atom is 0.250 e. The van der Waals surface area contributed by atoms with Crippen molar-refractivity contribution in [3.63, 3.8) is 0 Å². The number of benzene rings is 1. The zero-order chi connectivity index (χ0) is 19.9. The zero-order valence-electron chi connectivity index (χ0n) is 15.2. The molecule has 0 saturated carbocycles. The number of pyridine rings is 1. The molecule has 0 atom stereocenters. The second-order valence-corrected chi connectivity index (χ2v) is 7.73. The Morgan fingerprint density at radius 2 is 1.93 bits per heavy atom. The Hall–Kier alpha value is -3.30. The average molecular weight is 421 g/mol. The molecule has 0 aliphatic rings. The molecule has 0 spiro atoms. The van der Waals surface area contributed by atoms with E-state index >= 15 is 0 Å². The first-order chi connectivity index (χ1) is 14.3. The molecule has 1 aromatic carbocycles. The molecule has 3 heterocycles. The third-order valence-corrected chi connectivity index (χ3v) is 5.58. The minimum absolute atomic E-state index is 0.170. The summed E-state index contributed by atoms with van der Waals surface area (Å²) in [5.74, 6) is 0.649. The van der Waals surface area contributed by atoms with Gasteiger partial charge in [0.05, 0.1) is 12.0 Å². The first kappa shape index (κ1) is 19.0. The molecule has 1 N–H and O–H groups in total. The highest BCUT2D eigenvalue weighted by Crippen LogP contribution is 2.27. The van der Waals surface area contributed by atoms with Crippen LogP contribution in [0.1, 0.15) is 4.88 Å². The lowest BCUT2D eigenvalue weighted by Gasteiger charge is -2.09. The third kappa shape index (κ3) is 4.76. The first-order valence-corrected chi connectivity index (χ1v) is 10.6. The number of hydrogen-bond donors (Lipinski definition) is 1. The summed E-state index contributed by atoms with van der Waals surface area (Å²) < 4.78 is 1.93. The van der Waals surface area contributed by atoms with Gasteiger partial charge in [-0.25, -0.2) is 5.43 Å². The molecule has 0 fully saturated rings. The SMILES string of the molecule is O=C(CSc1nnc(-c2ccncc2)n1-c1ccccc1)NN=Cc1cccs1. The van der Waals surface area contributed by atoms with E-state index in [1.807, 2.05) is 64.5 Å². The lowest BCUT2D eigenvalue weighted by molar-refractivity contribution is -0.118. The topological polar surface area (TPSA) is 85.1 Å². The molecule has 0 bridgehead atoms. The van der Waals surface area contributed by atoms with Gasteiger partial charge in [0.25, 0.3) is 5.91 Å². The van der Waals surface area contributed by atoms with Crippen molar-refractivity contribution in [3.05, 3.63) is 77.2 Å². The van der Waals surface area contributed by atoms with Gasteiger partial charge in [0.2, 0.25) is 0 Å². The van der Waals surface area contributed by atoms with Crippen LogP contribution in [0.25, 0.3) is 17.1 Å². The van der Waals surface area contributed by atoms with Crippen molar-refractivity contribution < 1.29 is 4.79 Å². The molecule has 0 unspecified atom stereocenters. The van der Waals surface area contributed by atoms with Crippen molar-refractivity contribution in [2.24, 2.45) is 5.10 Å². The van der Waals surface area contributed by atoms with Crippen LogP contribution in [0.3, 0.4) is 0 Å². The summed E-state index contributed by atoms with van der Waals surface area (Å²) >= 11 is 2.86. The molecule has 29 heavy (non-hydrogen) atoms. The summed E-state index contributed by atoms with van der Waals surface area (Å²) in [5.41, 5.74) is 4.36. The van der Waals surface area contributed by atoms with E-state index in [-0.39, 0.29) is 11.7 Å². The van der Waals surface area contributed by atoms with Crippen LogP contribution in [0.15, 0.2) is 82.6 Å². The fourth-order valence-electron chi connectivity index (χ4n) is 2.56. The predicted octanol–water partition coefficient (Wildman–Crippen LogP) is 3.63. The lowest BCUT2D eigenvalue weighted by Crippen LogP contribution is -2.19. The second kappa shape index (κ2) is 9.26. The predicted molar refractivity (Wildman–Crippen MR) is 115 cm³/mol. The summed E-state index contributed by atoms with van der Waals surface area (Å²) in [6, 6.07) is 17.4. The highest BCUT2D eigenvalue weighted by Gasteiger charge is 2.17. The van der Waals surface area contributed by atoms with Crippen molar-refractivity contribution in [1.82, 2.24) is 25.2 Å². The fraction of sp³-hybridized carbons (Fsp3) is 0.0500. The van der Waals surface area contributed by atoms with Gasteiger partial charge < -0.3 is 0 Å². The van der Waals surface area contributed by atoms with Crippen molar-refractivity contribution in [3.8, 4) is 17.1 Å². The average Bonchev–Trinajstić information content (AvgIpc) is 3.43. The van der Waals surface area contributed by atoms with E-state index < -0.39 is 0 Å². The van der Waals surface area contributed by atoms with E-state index in [2.05, 4.69) is 25.7 Å². The van der Waals surface area contributed by atoms with Crippen molar-refractivity contribution in [1.29, 1.82) is 0 Å². The molecule has 3 aromatic heterocycles. The van der Waals surface area contributed by atoms with Crippen LogP contribution in [-0.2, 0) is 4.79 Å². The van der Waals surface area contributed by atoms with Crippen LogP contribution in [0.2, 0.25) is 0 Å². The van der Waals surface area contributed by atoms with Gasteiger partial charge in [-0.2, -0.15) is 5.10 Å². The third-order valence-electron chi connectivity index (χ3n) is 3.84. The van der Waals surface area contributed by atoms with E-state index in [4.69, 9.17) is 0 Å². The Balaban J connectivity index is 1.51. The molecule has 0 aliphatic heterocycles. The van der Waals surface area contributed by atoms with E-state index in [1.54, 1.807) is 29.9 Å². The Kier molecular flexibility index (Phi) is 6.08. The number of thioether (sulfide) groups is 1. The number of nitrogens with one attached hydrogen (secondary N) is 1. The Morgan fingerprint density at radius 1 is 1.10 bits per heavy atom. The Labute approximate surface area is 175 Å². The van der Waals surface area contributed by atoms with Crippen molar-refractivity contribution >= 4 is 35.2 Å². The van der Waals surface area contributed by atoms with Gasteiger partial charge >= 0.3 is 0 Å². The molecule has 0 aliphatic carbocycles. The second-order valence-electron chi connectivity index (χ2n) is 5.81. The lowest BCUT2D eigenvalue weighted by atomic mass is 10.2. The number of nitrogens with zero attached hydrogens (tertiary/aromatic N) is 5. The number of para-hydroxylation sites is 1. The van der Waals surface area contributed by atoms with Gasteiger partial charge in [0, 0.05) is 28.5 Å². The maximum absolute atomic E-state index is 12.2. The van der Waals surface area contributed by atoms with Crippen molar-refractivity contribution in [2.45, 2.75) is 5.16 Å². The molecule has 4 aromatic rings. The first-order valence-electron chi connectivity index (χ1n) is 8.71. The van der Waals surface area contributed by atoms with Gasteiger partial charge in [-0.1, -0.05) is 36.0 Å².